The zero-order valence-electron chi connectivity index (χ0n) is 10.1. The van der Waals surface area contributed by atoms with Gasteiger partial charge in [0.2, 0.25) is 0 Å². The third kappa shape index (κ3) is 3.09. The molecule has 0 spiro atoms. The molecule has 0 unspecified atom stereocenters. The molecule has 0 aliphatic carbocycles. The molecular formula is C15H17NO2. The van der Waals surface area contributed by atoms with Gasteiger partial charge in [-0.25, -0.2) is 0 Å². The number of aliphatic hydroxyl groups is 1. The van der Waals surface area contributed by atoms with E-state index in [1.165, 1.54) is 0 Å². The van der Waals surface area contributed by atoms with Crippen LogP contribution >= 0.6 is 0 Å². The molecule has 3 heteroatoms. The second kappa shape index (κ2) is 6.19. The van der Waals surface area contributed by atoms with Crippen LogP contribution in [0, 0.1) is 0 Å². The Kier molecular flexibility index (Phi) is 4.34. The first kappa shape index (κ1) is 12.6. The minimum absolute atomic E-state index is 0.159. The molecule has 3 N–H and O–H groups in total. The lowest BCUT2D eigenvalue weighted by molar-refractivity contribution is 0.0414. The molecule has 0 bridgehead atoms. The highest BCUT2D eigenvalue weighted by molar-refractivity contribution is 5.25. The Morgan fingerprint density at radius 3 is 2.06 bits per heavy atom. The van der Waals surface area contributed by atoms with Crippen molar-refractivity contribution in [1.82, 2.24) is 0 Å². The van der Waals surface area contributed by atoms with Crippen molar-refractivity contribution in [2.45, 2.75) is 12.2 Å². The van der Waals surface area contributed by atoms with Crippen LogP contribution in [0.25, 0.3) is 0 Å². The molecule has 0 aromatic heterocycles. The summed E-state index contributed by atoms with van der Waals surface area (Å²) in [5.41, 5.74) is 6.45. The van der Waals surface area contributed by atoms with E-state index >= 15 is 0 Å². The largest absolute Gasteiger partial charge is 0.483 e. The summed E-state index contributed by atoms with van der Waals surface area (Å²) in [5.74, 6) is 0.721. The summed E-state index contributed by atoms with van der Waals surface area (Å²) in [7, 11) is 0. The van der Waals surface area contributed by atoms with Gasteiger partial charge in [0.25, 0.3) is 0 Å². The number of aliphatic hydroxyl groups excluding tert-OH is 1. The number of benzene rings is 2. The van der Waals surface area contributed by atoms with Crippen molar-refractivity contribution in [2.75, 3.05) is 6.54 Å². The summed E-state index contributed by atoms with van der Waals surface area (Å²) >= 11 is 0. The Bertz CT molecular complexity index is 458. The number of para-hydroxylation sites is 1. The molecule has 0 saturated heterocycles. The molecular weight excluding hydrogens is 226 g/mol. The monoisotopic (exact) mass is 243 g/mol. The highest BCUT2D eigenvalue weighted by Crippen LogP contribution is 2.24. The van der Waals surface area contributed by atoms with Crippen LogP contribution in [0.2, 0.25) is 0 Å². The Morgan fingerprint density at radius 1 is 0.944 bits per heavy atom. The molecule has 2 atom stereocenters. The summed E-state index contributed by atoms with van der Waals surface area (Å²) in [6.07, 6.45) is -1.17. The van der Waals surface area contributed by atoms with E-state index in [4.69, 9.17) is 10.5 Å². The summed E-state index contributed by atoms with van der Waals surface area (Å²) in [5, 5.41) is 9.98. The summed E-state index contributed by atoms with van der Waals surface area (Å²) < 4.78 is 5.82. The molecule has 0 amide bonds. The predicted molar refractivity (Wildman–Crippen MR) is 71.3 cm³/mol. The second-order valence-corrected chi connectivity index (χ2v) is 4.07. The van der Waals surface area contributed by atoms with Gasteiger partial charge in [0.15, 0.2) is 6.10 Å². The molecule has 0 saturated carbocycles. The maximum Gasteiger partial charge on any atom is 0.151 e. The Balaban J connectivity index is 2.21. The third-order valence-corrected chi connectivity index (χ3v) is 2.73. The normalized spacial score (nSPS) is 13.9. The maximum absolute atomic E-state index is 9.98. The van der Waals surface area contributed by atoms with Crippen LogP contribution in [-0.4, -0.2) is 17.8 Å². The van der Waals surface area contributed by atoms with E-state index in [1.807, 2.05) is 60.7 Å². The van der Waals surface area contributed by atoms with E-state index in [-0.39, 0.29) is 6.54 Å². The molecule has 2 rings (SSSR count). The number of nitrogens with two attached hydrogens (primary N) is 1. The van der Waals surface area contributed by atoms with Crippen molar-refractivity contribution in [3.63, 3.8) is 0 Å². The van der Waals surface area contributed by atoms with Gasteiger partial charge < -0.3 is 15.6 Å². The molecule has 0 aliphatic heterocycles. The van der Waals surface area contributed by atoms with E-state index in [0.29, 0.717) is 0 Å². The zero-order valence-corrected chi connectivity index (χ0v) is 10.1. The lowest BCUT2D eigenvalue weighted by Gasteiger charge is -2.23. The van der Waals surface area contributed by atoms with E-state index < -0.39 is 12.2 Å². The van der Waals surface area contributed by atoms with E-state index in [0.717, 1.165) is 11.3 Å². The van der Waals surface area contributed by atoms with Crippen LogP contribution in [0.4, 0.5) is 0 Å². The standard InChI is InChI=1S/C15H17NO2/c16-11-14(17)15(12-7-3-1-4-8-12)18-13-9-5-2-6-10-13/h1-10,14-15,17H,11,16H2/t14-,15-/m0/s1. The van der Waals surface area contributed by atoms with Crippen molar-refractivity contribution < 1.29 is 9.84 Å². The number of ether oxygens (including phenoxy) is 1. The minimum atomic E-state index is -0.729. The van der Waals surface area contributed by atoms with E-state index in [1.54, 1.807) is 0 Å². The molecule has 3 nitrogen and oxygen atoms in total. The molecule has 0 aliphatic rings. The van der Waals surface area contributed by atoms with Crippen LogP contribution in [0.1, 0.15) is 11.7 Å². The molecule has 2 aromatic rings. The van der Waals surface area contributed by atoms with E-state index in [9.17, 15) is 5.11 Å². The lowest BCUT2D eigenvalue weighted by atomic mass is 10.0. The van der Waals surface area contributed by atoms with E-state index in [2.05, 4.69) is 0 Å². The first-order chi connectivity index (χ1) is 8.81. The maximum atomic E-state index is 9.98. The van der Waals surface area contributed by atoms with Crippen molar-refractivity contribution in [3.05, 3.63) is 66.2 Å². The quantitative estimate of drug-likeness (QED) is 0.845. The Morgan fingerprint density at radius 2 is 1.50 bits per heavy atom. The SMILES string of the molecule is NC[C@H](O)[C@@H](Oc1ccccc1)c1ccccc1. The van der Waals surface area contributed by atoms with Gasteiger partial charge in [0.1, 0.15) is 11.9 Å². The van der Waals surface area contributed by atoms with Gasteiger partial charge in [-0.15, -0.1) is 0 Å². The fourth-order valence-electron chi connectivity index (χ4n) is 1.78. The van der Waals surface area contributed by atoms with Gasteiger partial charge in [-0.1, -0.05) is 48.5 Å². The van der Waals surface area contributed by atoms with Gasteiger partial charge >= 0.3 is 0 Å². The van der Waals surface area contributed by atoms with Crippen LogP contribution in [0.5, 0.6) is 5.75 Å². The average Bonchev–Trinajstić information content (AvgIpc) is 2.46. The van der Waals surface area contributed by atoms with Crippen LogP contribution in [0.15, 0.2) is 60.7 Å². The fraction of sp³-hybridized carbons (Fsp3) is 0.200. The van der Waals surface area contributed by atoms with Gasteiger partial charge in [-0.3, -0.25) is 0 Å². The minimum Gasteiger partial charge on any atom is -0.483 e. The Labute approximate surface area is 107 Å². The fourth-order valence-corrected chi connectivity index (χ4v) is 1.78. The van der Waals surface area contributed by atoms with Crippen molar-refractivity contribution in [1.29, 1.82) is 0 Å². The molecule has 0 heterocycles. The van der Waals surface area contributed by atoms with Gasteiger partial charge in [0, 0.05) is 6.54 Å². The van der Waals surface area contributed by atoms with Crippen LogP contribution < -0.4 is 10.5 Å². The predicted octanol–water partition coefficient (Wildman–Crippen LogP) is 2.13. The van der Waals surface area contributed by atoms with Gasteiger partial charge in [-0.2, -0.15) is 0 Å². The van der Waals surface area contributed by atoms with Gasteiger partial charge in [-0.05, 0) is 17.7 Å². The molecule has 94 valence electrons. The molecule has 2 aromatic carbocycles. The average molecular weight is 243 g/mol. The summed E-state index contributed by atoms with van der Waals surface area (Å²) in [6, 6.07) is 19.0. The zero-order chi connectivity index (χ0) is 12.8. The smallest absolute Gasteiger partial charge is 0.151 e. The first-order valence-electron chi connectivity index (χ1n) is 5.96. The van der Waals surface area contributed by atoms with Crippen molar-refractivity contribution in [2.24, 2.45) is 5.73 Å². The summed E-state index contributed by atoms with van der Waals surface area (Å²) in [4.78, 5) is 0. The van der Waals surface area contributed by atoms with Crippen molar-refractivity contribution >= 4 is 0 Å². The first-order valence-corrected chi connectivity index (χ1v) is 5.96. The lowest BCUT2D eigenvalue weighted by Crippen LogP contribution is -2.30. The molecule has 0 fully saturated rings. The summed E-state index contributed by atoms with van der Waals surface area (Å²) in [6.45, 7) is 0.159. The van der Waals surface area contributed by atoms with Crippen LogP contribution in [0.3, 0.4) is 0 Å². The third-order valence-electron chi connectivity index (χ3n) is 2.73. The number of hydrogen-bond donors (Lipinski definition) is 2. The second-order valence-electron chi connectivity index (χ2n) is 4.07. The van der Waals surface area contributed by atoms with Crippen molar-refractivity contribution in [3.8, 4) is 5.75 Å². The van der Waals surface area contributed by atoms with Crippen LogP contribution in [-0.2, 0) is 0 Å². The Hall–Kier alpha value is -1.84. The number of rotatable bonds is 5. The topological polar surface area (TPSA) is 55.5 Å². The molecule has 18 heavy (non-hydrogen) atoms. The van der Waals surface area contributed by atoms with Gasteiger partial charge in [0.05, 0.1) is 0 Å². The highest BCUT2D eigenvalue weighted by atomic mass is 16.5. The number of hydrogen-bond acceptors (Lipinski definition) is 3. The highest BCUT2D eigenvalue weighted by Gasteiger charge is 2.21. The molecule has 0 radical (unpaired) electrons.